The predicted octanol–water partition coefficient (Wildman–Crippen LogP) is 6.17. The summed E-state index contributed by atoms with van der Waals surface area (Å²) in [7, 11) is 0. The van der Waals surface area contributed by atoms with Crippen molar-refractivity contribution in [3.05, 3.63) is 11.6 Å². The van der Waals surface area contributed by atoms with Crippen molar-refractivity contribution in [3.63, 3.8) is 0 Å². The van der Waals surface area contributed by atoms with Crippen molar-refractivity contribution < 1.29 is 4.79 Å². The van der Waals surface area contributed by atoms with E-state index in [1.807, 2.05) is 6.08 Å². The Hall–Kier alpha value is -0.110. The van der Waals surface area contributed by atoms with Crippen LogP contribution in [0.25, 0.3) is 0 Å². The minimum absolute atomic E-state index is 0.331. The summed E-state index contributed by atoms with van der Waals surface area (Å²) in [6, 6.07) is 0. The molecule has 134 valence electrons. The van der Waals surface area contributed by atoms with E-state index in [-0.39, 0.29) is 0 Å². The normalized spacial score (nSPS) is 49.0. The Kier molecular flexibility index (Phi) is 4.30. The molecule has 0 amide bonds. The third-order valence-corrected chi connectivity index (χ3v) is 9.99. The van der Waals surface area contributed by atoms with Gasteiger partial charge in [-0.2, -0.15) is 0 Å². The number of carbonyl (C=O) groups excluding carboxylic acids is 1. The van der Waals surface area contributed by atoms with Crippen molar-refractivity contribution in [1.82, 2.24) is 0 Å². The number of fused-ring (bicyclic) bond motifs is 5. The molecule has 0 saturated heterocycles. The van der Waals surface area contributed by atoms with Gasteiger partial charge in [0.25, 0.3) is 0 Å². The number of rotatable bonds is 2. The standard InChI is InChI=1S/C22H33BrO/c1-14(13-23)18-6-7-19-17-5-4-15-12-16(24)8-10-21(15,2)20(17)9-11-22(18,19)3/h12,14,17-20H,4-11,13H2,1-3H3/t14-,17+,18-,19+,20+,21+,22-/m1/s1. The minimum Gasteiger partial charge on any atom is -0.295 e. The zero-order valence-corrected chi connectivity index (χ0v) is 17.2. The topological polar surface area (TPSA) is 17.1 Å². The van der Waals surface area contributed by atoms with Crippen molar-refractivity contribution in [1.29, 1.82) is 0 Å². The Morgan fingerprint density at radius 2 is 1.92 bits per heavy atom. The molecule has 0 radical (unpaired) electrons. The lowest BCUT2D eigenvalue weighted by molar-refractivity contribution is -0.117. The molecule has 3 fully saturated rings. The van der Waals surface area contributed by atoms with Crippen LogP contribution in [0.2, 0.25) is 0 Å². The van der Waals surface area contributed by atoms with E-state index >= 15 is 0 Å². The molecule has 0 heterocycles. The number of carbonyl (C=O) groups is 1. The van der Waals surface area contributed by atoms with Crippen molar-refractivity contribution in [2.24, 2.45) is 40.4 Å². The van der Waals surface area contributed by atoms with Crippen LogP contribution >= 0.6 is 15.9 Å². The molecular weight excluding hydrogens is 360 g/mol. The quantitative estimate of drug-likeness (QED) is 0.513. The van der Waals surface area contributed by atoms with Crippen LogP contribution in [0.15, 0.2) is 11.6 Å². The van der Waals surface area contributed by atoms with E-state index in [9.17, 15) is 4.79 Å². The summed E-state index contributed by atoms with van der Waals surface area (Å²) in [6.45, 7) is 7.58. The number of hydrogen-bond donors (Lipinski definition) is 0. The molecule has 3 saturated carbocycles. The summed E-state index contributed by atoms with van der Waals surface area (Å²) in [5, 5.41) is 1.15. The molecule has 4 rings (SSSR count). The van der Waals surface area contributed by atoms with Crippen molar-refractivity contribution in [2.45, 2.75) is 72.1 Å². The summed E-state index contributed by atoms with van der Waals surface area (Å²) in [6.07, 6.45) is 12.2. The van der Waals surface area contributed by atoms with Gasteiger partial charge in [-0.05, 0) is 91.4 Å². The molecule has 0 N–H and O–H groups in total. The third-order valence-electron chi connectivity index (χ3n) is 8.97. The molecule has 24 heavy (non-hydrogen) atoms. The van der Waals surface area contributed by atoms with Gasteiger partial charge in [-0.25, -0.2) is 0 Å². The van der Waals surface area contributed by atoms with Crippen molar-refractivity contribution in [2.75, 3.05) is 5.33 Å². The second-order valence-electron chi connectivity index (χ2n) is 9.83. The number of alkyl halides is 1. The second-order valence-corrected chi connectivity index (χ2v) is 10.5. The molecular formula is C22H33BrO. The lowest BCUT2D eigenvalue weighted by Crippen LogP contribution is -2.51. The first-order chi connectivity index (χ1) is 11.4. The number of ketones is 1. The molecule has 0 aromatic carbocycles. The lowest BCUT2D eigenvalue weighted by atomic mass is 9.46. The van der Waals surface area contributed by atoms with Crippen LogP contribution in [0.3, 0.4) is 0 Å². The van der Waals surface area contributed by atoms with E-state index in [1.54, 1.807) is 0 Å². The largest absolute Gasteiger partial charge is 0.295 e. The van der Waals surface area contributed by atoms with Gasteiger partial charge in [0.05, 0.1) is 0 Å². The first-order valence-electron chi connectivity index (χ1n) is 10.2. The lowest BCUT2D eigenvalue weighted by Gasteiger charge is -2.58. The van der Waals surface area contributed by atoms with Gasteiger partial charge in [-0.15, -0.1) is 0 Å². The Morgan fingerprint density at radius 1 is 1.12 bits per heavy atom. The average molecular weight is 393 g/mol. The SMILES string of the molecule is C[C@H](CBr)[C@H]1CC[C@H]2[C@@H]3CCC4=CC(=O)CC[C@]4(C)[C@H]3CC[C@]12C. The van der Waals surface area contributed by atoms with Gasteiger partial charge >= 0.3 is 0 Å². The summed E-state index contributed by atoms with van der Waals surface area (Å²) in [5.41, 5.74) is 2.40. The summed E-state index contributed by atoms with van der Waals surface area (Å²) < 4.78 is 0. The summed E-state index contributed by atoms with van der Waals surface area (Å²) in [5.74, 6) is 4.76. The molecule has 4 aliphatic carbocycles. The zero-order valence-electron chi connectivity index (χ0n) is 15.6. The fraction of sp³-hybridized carbons (Fsp3) is 0.864. The Bertz CT molecular complexity index is 566. The van der Waals surface area contributed by atoms with Gasteiger partial charge in [-0.3, -0.25) is 4.79 Å². The van der Waals surface area contributed by atoms with E-state index in [2.05, 4.69) is 36.7 Å². The van der Waals surface area contributed by atoms with Gasteiger partial charge in [0.15, 0.2) is 5.78 Å². The molecule has 0 aliphatic heterocycles. The third kappa shape index (κ3) is 2.34. The highest BCUT2D eigenvalue weighted by Crippen LogP contribution is 2.67. The van der Waals surface area contributed by atoms with Gasteiger partial charge in [0.1, 0.15) is 0 Å². The Balaban J connectivity index is 1.63. The van der Waals surface area contributed by atoms with E-state index in [4.69, 9.17) is 0 Å². The summed E-state index contributed by atoms with van der Waals surface area (Å²) >= 11 is 3.75. The Morgan fingerprint density at radius 3 is 2.67 bits per heavy atom. The summed E-state index contributed by atoms with van der Waals surface area (Å²) in [4.78, 5) is 11.9. The number of hydrogen-bond acceptors (Lipinski definition) is 1. The monoisotopic (exact) mass is 392 g/mol. The van der Waals surface area contributed by atoms with E-state index < -0.39 is 0 Å². The predicted molar refractivity (Wildman–Crippen MR) is 103 cm³/mol. The molecule has 0 bridgehead atoms. The van der Waals surface area contributed by atoms with Crippen molar-refractivity contribution in [3.8, 4) is 0 Å². The maximum absolute atomic E-state index is 11.9. The molecule has 0 aromatic rings. The molecule has 4 aliphatic rings. The van der Waals surface area contributed by atoms with Gasteiger partial charge in [0, 0.05) is 11.8 Å². The molecule has 0 spiro atoms. The first-order valence-corrected chi connectivity index (χ1v) is 11.3. The van der Waals surface area contributed by atoms with Crippen LogP contribution in [-0.2, 0) is 4.79 Å². The van der Waals surface area contributed by atoms with Gasteiger partial charge < -0.3 is 0 Å². The highest BCUT2D eigenvalue weighted by Gasteiger charge is 2.59. The fourth-order valence-electron chi connectivity index (χ4n) is 7.64. The fourth-order valence-corrected chi connectivity index (χ4v) is 8.09. The molecule has 0 unspecified atom stereocenters. The van der Waals surface area contributed by atoms with Crippen molar-refractivity contribution >= 4 is 21.7 Å². The average Bonchev–Trinajstić information content (AvgIpc) is 2.92. The number of halogens is 1. The van der Waals surface area contributed by atoms with E-state index in [0.29, 0.717) is 16.6 Å². The van der Waals surface area contributed by atoms with Crippen LogP contribution in [-0.4, -0.2) is 11.1 Å². The maximum atomic E-state index is 11.9. The minimum atomic E-state index is 0.331. The first kappa shape index (κ1) is 17.3. The smallest absolute Gasteiger partial charge is 0.155 e. The maximum Gasteiger partial charge on any atom is 0.155 e. The molecule has 1 nitrogen and oxygen atoms in total. The molecule has 2 heteroatoms. The van der Waals surface area contributed by atoms with Crippen LogP contribution in [0.4, 0.5) is 0 Å². The van der Waals surface area contributed by atoms with Crippen LogP contribution in [0.1, 0.15) is 72.1 Å². The Labute approximate surface area is 156 Å². The van der Waals surface area contributed by atoms with Gasteiger partial charge in [0.2, 0.25) is 0 Å². The van der Waals surface area contributed by atoms with Crippen LogP contribution in [0.5, 0.6) is 0 Å². The highest BCUT2D eigenvalue weighted by molar-refractivity contribution is 9.09. The number of allylic oxidation sites excluding steroid dienone is 1. The zero-order chi connectivity index (χ0) is 17.1. The van der Waals surface area contributed by atoms with Crippen LogP contribution in [0, 0.1) is 40.4 Å². The highest BCUT2D eigenvalue weighted by atomic mass is 79.9. The molecule has 7 atom stereocenters. The van der Waals surface area contributed by atoms with E-state index in [0.717, 1.165) is 47.8 Å². The van der Waals surface area contributed by atoms with Gasteiger partial charge in [-0.1, -0.05) is 42.3 Å². The van der Waals surface area contributed by atoms with Crippen LogP contribution < -0.4 is 0 Å². The molecule has 0 aromatic heterocycles. The van der Waals surface area contributed by atoms with E-state index in [1.165, 1.54) is 44.1 Å². The second kappa shape index (κ2) is 5.96.